The van der Waals surface area contributed by atoms with Gasteiger partial charge in [0.25, 0.3) is 5.91 Å². The van der Waals surface area contributed by atoms with Gasteiger partial charge in [-0.2, -0.15) is 15.0 Å². The summed E-state index contributed by atoms with van der Waals surface area (Å²) in [6, 6.07) is 10.7. The molecule has 164 valence electrons. The first-order valence-corrected chi connectivity index (χ1v) is 10.7. The lowest BCUT2D eigenvalue weighted by Crippen LogP contribution is -2.28. The van der Waals surface area contributed by atoms with Crippen molar-refractivity contribution in [1.82, 2.24) is 20.1 Å². The van der Waals surface area contributed by atoms with E-state index < -0.39 is 0 Å². The van der Waals surface area contributed by atoms with Crippen LogP contribution >= 0.6 is 0 Å². The van der Waals surface area contributed by atoms with Crippen LogP contribution in [-0.4, -0.2) is 45.5 Å². The number of carbonyl (C=O) groups is 1. The number of nitrogens with one attached hydrogen (secondary N) is 1. The molecule has 1 amide bonds. The van der Waals surface area contributed by atoms with Gasteiger partial charge in [-0.3, -0.25) is 4.79 Å². The predicted octanol–water partition coefficient (Wildman–Crippen LogP) is 3.37. The number of ether oxygens (including phenoxy) is 1. The van der Waals surface area contributed by atoms with Gasteiger partial charge in [-0.15, -0.1) is 0 Å². The van der Waals surface area contributed by atoms with Crippen molar-refractivity contribution in [2.45, 2.75) is 26.2 Å². The molecule has 1 saturated heterocycles. The summed E-state index contributed by atoms with van der Waals surface area (Å²) in [5, 5.41) is 26.8. The van der Waals surface area contributed by atoms with Gasteiger partial charge in [0.2, 0.25) is 5.88 Å². The van der Waals surface area contributed by atoms with E-state index in [1.807, 2.05) is 6.92 Å². The van der Waals surface area contributed by atoms with Gasteiger partial charge in [-0.05, 0) is 61.4 Å². The highest BCUT2D eigenvalue weighted by molar-refractivity contribution is 5.95. The molecule has 2 N–H and O–H groups in total. The Morgan fingerprint density at radius 1 is 1.34 bits per heavy atom. The van der Waals surface area contributed by atoms with Gasteiger partial charge in [0.05, 0.1) is 29.0 Å². The molecule has 0 saturated carbocycles. The van der Waals surface area contributed by atoms with Crippen LogP contribution < -0.4 is 5.32 Å². The molecule has 2 aromatic heterocycles. The van der Waals surface area contributed by atoms with E-state index in [1.165, 1.54) is 10.9 Å². The Bertz CT molecular complexity index is 1140. The molecule has 3 heterocycles. The molecule has 1 aliphatic rings. The smallest absolute Gasteiger partial charge is 0.253 e. The fraction of sp³-hybridized carbons (Fsp3) is 0.333. The molecule has 4 rings (SSSR count). The molecule has 1 aliphatic heterocycles. The third-order valence-electron chi connectivity index (χ3n) is 5.72. The van der Waals surface area contributed by atoms with E-state index in [9.17, 15) is 9.90 Å². The topological polar surface area (TPSA) is 113 Å². The molecule has 1 aromatic carbocycles. The summed E-state index contributed by atoms with van der Waals surface area (Å²) < 4.78 is 6.81. The van der Waals surface area contributed by atoms with Crippen molar-refractivity contribution in [1.29, 1.82) is 5.26 Å². The van der Waals surface area contributed by atoms with Crippen LogP contribution in [0.3, 0.4) is 0 Å². The van der Waals surface area contributed by atoms with Crippen molar-refractivity contribution in [3.8, 4) is 28.9 Å². The fourth-order valence-corrected chi connectivity index (χ4v) is 3.85. The molecule has 0 bridgehead atoms. The minimum atomic E-state index is -0.166. The quantitative estimate of drug-likeness (QED) is 0.619. The van der Waals surface area contributed by atoms with Gasteiger partial charge in [0.1, 0.15) is 0 Å². The second-order valence-corrected chi connectivity index (χ2v) is 7.97. The van der Waals surface area contributed by atoms with Crippen molar-refractivity contribution in [2.75, 3.05) is 19.8 Å². The lowest BCUT2D eigenvalue weighted by atomic mass is 9.99. The Hall–Kier alpha value is -3.70. The largest absolute Gasteiger partial charge is 0.493 e. The monoisotopic (exact) mass is 431 g/mol. The molecule has 1 fully saturated rings. The van der Waals surface area contributed by atoms with Crippen LogP contribution in [0.1, 0.15) is 40.7 Å². The zero-order chi connectivity index (χ0) is 22.5. The van der Waals surface area contributed by atoms with E-state index in [1.54, 1.807) is 36.5 Å². The Morgan fingerprint density at radius 3 is 2.84 bits per heavy atom. The summed E-state index contributed by atoms with van der Waals surface area (Å²) >= 11 is 0. The number of amides is 1. The summed E-state index contributed by atoms with van der Waals surface area (Å²) in [6.07, 6.45) is 6.17. The van der Waals surface area contributed by atoms with Gasteiger partial charge >= 0.3 is 0 Å². The maximum absolute atomic E-state index is 12.6. The van der Waals surface area contributed by atoms with Crippen LogP contribution in [0.25, 0.3) is 16.9 Å². The summed E-state index contributed by atoms with van der Waals surface area (Å²) in [5.41, 5.74) is 3.04. The van der Waals surface area contributed by atoms with Gasteiger partial charge in [0.15, 0.2) is 5.82 Å². The minimum Gasteiger partial charge on any atom is -0.493 e. The fourth-order valence-electron chi connectivity index (χ4n) is 3.85. The number of nitriles is 1. The molecule has 8 nitrogen and oxygen atoms in total. The SMILES string of the molecule is Cc1cc(-n2ncc(-c3ccc(C#N)cc3)c2O)ncc1C(=O)NCCC1CCCOC1. The molecule has 32 heavy (non-hydrogen) atoms. The van der Waals surface area contributed by atoms with E-state index in [2.05, 4.69) is 21.5 Å². The van der Waals surface area contributed by atoms with Gasteiger partial charge in [-0.25, -0.2) is 4.98 Å². The predicted molar refractivity (Wildman–Crippen MR) is 118 cm³/mol. The van der Waals surface area contributed by atoms with E-state index in [4.69, 9.17) is 10.00 Å². The molecule has 0 aliphatic carbocycles. The number of nitrogens with zero attached hydrogens (tertiary/aromatic N) is 4. The van der Waals surface area contributed by atoms with Crippen LogP contribution in [0.15, 0.2) is 42.7 Å². The van der Waals surface area contributed by atoms with Crippen LogP contribution in [-0.2, 0) is 4.74 Å². The average molecular weight is 431 g/mol. The molecule has 8 heteroatoms. The summed E-state index contributed by atoms with van der Waals surface area (Å²) in [7, 11) is 0. The molecule has 0 radical (unpaired) electrons. The van der Waals surface area contributed by atoms with Crippen molar-refractivity contribution in [3.05, 3.63) is 59.4 Å². The Morgan fingerprint density at radius 2 is 2.16 bits per heavy atom. The molecular formula is C24H25N5O3. The molecule has 3 aromatic rings. The molecular weight excluding hydrogens is 406 g/mol. The second-order valence-electron chi connectivity index (χ2n) is 7.97. The minimum absolute atomic E-state index is 0.0616. The third kappa shape index (κ3) is 4.63. The number of rotatable bonds is 6. The summed E-state index contributed by atoms with van der Waals surface area (Å²) in [4.78, 5) is 16.9. The van der Waals surface area contributed by atoms with Crippen LogP contribution in [0.2, 0.25) is 0 Å². The molecule has 0 spiro atoms. The Balaban J connectivity index is 1.45. The standard InChI is InChI=1S/C24H25N5O3/c1-16-11-22(27-13-20(16)23(30)26-9-8-18-3-2-10-32-15-18)29-24(31)21(14-28-29)19-6-4-17(12-25)5-7-19/h4-7,11,13-14,18,31H,2-3,8-10,15H2,1H3,(H,26,30). The highest BCUT2D eigenvalue weighted by atomic mass is 16.5. The zero-order valence-corrected chi connectivity index (χ0v) is 17.9. The van der Waals surface area contributed by atoms with E-state index in [0.29, 0.717) is 35.0 Å². The molecule has 1 atom stereocenters. The second kappa shape index (κ2) is 9.62. The third-order valence-corrected chi connectivity index (χ3v) is 5.72. The van der Waals surface area contributed by atoms with Gasteiger partial charge in [0, 0.05) is 26.0 Å². The maximum Gasteiger partial charge on any atom is 0.253 e. The summed E-state index contributed by atoms with van der Waals surface area (Å²) in [6.45, 7) is 4.03. The molecule has 1 unspecified atom stereocenters. The number of benzene rings is 1. The first-order valence-electron chi connectivity index (χ1n) is 10.7. The number of hydrogen-bond acceptors (Lipinski definition) is 6. The number of carbonyl (C=O) groups excluding carboxylic acids is 1. The lowest BCUT2D eigenvalue weighted by Gasteiger charge is -2.22. The number of hydrogen-bond donors (Lipinski definition) is 2. The highest BCUT2D eigenvalue weighted by Crippen LogP contribution is 2.31. The van der Waals surface area contributed by atoms with Crippen molar-refractivity contribution < 1.29 is 14.6 Å². The Kier molecular flexibility index (Phi) is 6.47. The van der Waals surface area contributed by atoms with Crippen molar-refractivity contribution in [3.63, 3.8) is 0 Å². The Labute approximate surface area is 186 Å². The van der Waals surface area contributed by atoms with Crippen molar-refractivity contribution in [2.24, 2.45) is 5.92 Å². The number of pyridine rings is 1. The van der Waals surface area contributed by atoms with Gasteiger partial charge < -0.3 is 15.2 Å². The number of aryl methyl sites for hydroxylation is 1. The van der Waals surface area contributed by atoms with Crippen LogP contribution in [0.4, 0.5) is 0 Å². The first kappa shape index (κ1) is 21.5. The number of aromatic nitrogens is 3. The van der Waals surface area contributed by atoms with E-state index in [0.717, 1.165) is 43.6 Å². The van der Waals surface area contributed by atoms with E-state index in [-0.39, 0.29) is 11.8 Å². The summed E-state index contributed by atoms with van der Waals surface area (Å²) in [5.74, 6) is 0.685. The number of aromatic hydroxyl groups is 1. The van der Waals surface area contributed by atoms with Crippen LogP contribution in [0.5, 0.6) is 5.88 Å². The lowest BCUT2D eigenvalue weighted by molar-refractivity contribution is 0.0514. The maximum atomic E-state index is 12.6. The van der Waals surface area contributed by atoms with E-state index >= 15 is 0 Å². The average Bonchev–Trinajstić information content (AvgIpc) is 3.21. The van der Waals surface area contributed by atoms with Crippen LogP contribution in [0, 0.1) is 24.2 Å². The first-order chi connectivity index (χ1) is 15.6. The van der Waals surface area contributed by atoms with Gasteiger partial charge in [-0.1, -0.05) is 12.1 Å². The normalized spacial score (nSPS) is 15.8. The highest BCUT2D eigenvalue weighted by Gasteiger charge is 2.17. The van der Waals surface area contributed by atoms with Crippen molar-refractivity contribution >= 4 is 5.91 Å². The zero-order valence-electron chi connectivity index (χ0n) is 17.9.